The zero-order valence-corrected chi connectivity index (χ0v) is 23.9. The van der Waals surface area contributed by atoms with Crippen molar-refractivity contribution in [2.75, 3.05) is 39.8 Å². The molecule has 0 fully saturated rings. The van der Waals surface area contributed by atoms with Crippen molar-refractivity contribution in [3.8, 4) is 28.7 Å². The van der Waals surface area contributed by atoms with Crippen molar-refractivity contribution in [1.29, 1.82) is 0 Å². The number of H-pyrrole nitrogens is 1. The lowest BCUT2D eigenvalue weighted by atomic mass is 10.1. The Hall–Kier alpha value is -3.82. The SMILES string of the molecule is CCOc1cc(CN(CCc2c[nH]c3ccc(OC)cc23)C(=S)Nc2cc(OC)c(Cl)cc2OC)ccc1O. The third-order valence-electron chi connectivity index (χ3n) is 6.33. The maximum Gasteiger partial charge on any atom is 0.173 e. The summed E-state index contributed by atoms with van der Waals surface area (Å²) in [6, 6.07) is 14.7. The Bertz CT molecular complexity index is 1460. The van der Waals surface area contributed by atoms with Gasteiger partial charge in [0.05, 0.1) is 38.6 Å². The van der Waals surface area contributed by atoms with Gasteiger partial charge in [0.2, 0.25) is 0 Å². The predicted octanol–water partition coefficient (Wildman–Crippen LogP) is 6.39. The first-order valence-corrected chi connectivity index (χ1v) is 13.2. The molecule has 0 amide bonds. The van der Waals surface area contributed by atoms with Gasteiger partial charge in [0, 0.05) is 42.3 Å². The first-order chi connectivity index (χ1) is 18.9. The summed E-state index contributed by atoms with van der Waals surface area (Å²) in [5.74, 6) is 2.37. The van der Waals surface area contributed by atoms with Crippen LogP contribution in [0.2, 0.25) is 5.02 Å². The summed E-state index contributed by atoms with van der Waals surface area (Å²) in [5.41, 5.74) is 3.74. The number of phenolic OH excluding ortho intramolecular Hbond substituents is 1. The van der Waals surface area contributed by atoms with E-state index in [4.69, 9.17) is 42.8 Å². The van der Waals surface area contributed by atoms with Crippen LogP contribution in [0.15, 0.2) is 54.7 Å². The van der Waals surface area contributed by atoms with Crippen LogP contribution in [-0.2, 0) is 13.0 Å². The van der Waals surface area contributed by atoms with E-state index in [0.717, 1.165) is 27.8 Å². The lowest BCUT2D eigenvalue weighted by Crippen LogP contribution is -2.36. The van der Waals surface area contributed by atoms with E-state index in [2.05, 4.69) is 15.2 Å². The molecule has 4 aromatic rings. The maximum atomic E-state index is 10.2. The van der Waals surface area contributed by atoms with Gasteiger partial charge in [0.1, 0.15) is 17.2 Å². The number of phenols is 1. The Kier molecular flexibility index (Phi) is 9.27. The van der Waals surface area contributed by atoms with E-state index in [1.165, 1.54) is 0 Å². The number of methoxy groups -OCH3 is 3. The number of aromatic amines is 1. The maximum absolute atomic E-state index is 10.2. The van der Waals surface area contributed by atoms with Crippen LogP contribution >= 0.6 is 23.8 Å². The molecule has 10 heteroatoms. The second kappa shape index (κ2) is 12.8. The summed E-state index contributed by atoms with van der Waals surface area (Å²) in [7, 11) is 4.79. The van der Waals surface area contributed by atoms with Crippen molar-refractivity contribution in [3.63, 3.8) is 0 Å². The van der Waals surface area contributed by atoms with E-state index in [0.29, 0.717) is 59.2 Å². The van der Waals surface area contributed by atoms with Crippen molar-refractivity contribution in [1.82, 2.24) is 9.88 Å². The minimum absolute atomic E-state index is 0.0959. The van der Waals surface area contributed by atoms with Gasteiger partial charge >= 0.3 is 0 Å². The molecule has 8 nitrogen and oxygen atoms in total. The number of thiocarbonyl (C=S) groups is 1. The largest absolute Gasteiger partial charge is 0.504 e. The van der Waals surface area contributed by atoms with Gasteiger partial charge in [-0.3, -0.25) is 0 Å². The molecule has 0 radical (unpaired) electrons. The van der Waals surface area contributed by atoms with E-state index in [1.807, 2.05) is 43.5 Å². The number of hydrogen-bond acceptors (Lipinski definition) is 6. The van der Waals surface area contributed by atoms with Crippen molar-refractivity contribution in [2.45, 2.75) is 19.9 Å². The first-order valence-electron chi connectivity index (χ1n) is 12.4. The zero-order valence-electron chi connectivity index (χ0n) is 22.3. The van der Waals surface area contributed by atoms with Gasteiger partial charge in [0.25, 0.3) is 0 Å². The summed E-state index contributed by atoms with van der Waals surface area (Å²) < 4.78 is 21.9. The number of hydrogen-bond donors (Lipinski definition) is 3. The summed E-state index contributed by atoms with van der Waals surface area (Å²) in [4.78, 5) is 5.39. The van der Waals surface area contributed by atoms with Crippen LogP contribution in [0.5, 0.6) is 28.7 Å². The summed E-state index contributed by atoms with van der Waals surface area (Å²) in [6.45, 7) is 3.41. The normalized spacial score (nSPS) is 10.8. The van der Waals surface area contributed by atoms with Crippen LogP contribution in [-0.4, -0.2) is 54.6 Å². The summed E-state index contributed by atoms with van der Waals surface area (Å²) >= 11 is 12.2. The molecule has 3 aromatic carbocycles. The highest BCUT2D eigenvalue weighted by molar-refractivity contribution is 7.80. The first kappa shape index (κ1) is 28.2. The topological polar surface area (TPSA) is 88.2 Å². The average molecular weight is 570 g/mol. The van der Waals surface area contributed by atoms with Gasteiger partial charge in [-0.25, -0.2) is 0 Å². The van der Waals surface area contributed by atoms with E-state index in [1.54, 1.807) is 39.5 Å². The number of benzene rings is 3. The number of halogens is 1. The van der Waals surface area contributed by atoms with Gasteiger partial charge in [-0.2, -0.15) is 0 Å². The van der Waals surface area contributed by atoms with Gasteiger partial charge < -0.3 is 39.3 Å². The Labute approximate surface area is 238 Å². The molecule has 0 spiro atoms. The smallest absolute Gasteiger partial charge is 0.173 e. The van der Waals surface area contributed by atoms with Crippen molar-refractivity contribution in [2.24, 2.45) is 0 Å². The number of anilines is 1. The van der Waals surface area contributed by atoms with Crippen LogP contribution in [0.4, 0.5) is 5.69 Å². The molecule has 1 aromatic heterocycles. The van der Waals surface area contributed by atoms with Gasteiger partial charge in [-0.15, -0.1) is 0 Å². The van der Waals surface area contributed by atoms with Crippen molar-refractivity contribution < 1.29 is 24.1 Å². The van der Waals surface area contributed by atoms with Gasteiger partial charge in [-0.1, -0.05) is 17.7 Å². The minimum Gasteiger partial charge on any atom is -0.504 e. The number of aromatic hydroxyl groups is 1. The molecule has 4 rings (SSSR count). The fourth-order valence-corrected chi connectivity index (χ4v) is 4.80. The molecule has 0 atom stereocenters. The quantitative estimate of drug-likeness (QED) is 0.179. The standard InChI is InChI=1S/C29H32ClN3O5S/c1-5-38-28-12-18(6-9-25(28)34)17-33(11-10-19-16-31-23-8-7-20(35-2)13-21(19)23)29(39)32-24-15-26(36-3)22(30)14-27(24)37-4/h6-9,12-16,31,34H,5,10-11,17H2,1-4H3,(H,32,39). The second-order valence-electron chi connectivity index (χ2n) is 8.75. The third-order valence-corrected chi connectivity index (χ3v) is 6.98. The molecule has 0 aliphatic rings. The molecule has 0 saturated heterocycles. The lowest BCUT2D eigenvalue weighted by Gasteiger charge is -2.27. The van der Waals surface area contributed by atoms with E-state index in [9.17, 15) is 5.11 Å². The average Bonchev–Trinajstić information content (AvgIpc) is 3.35. The Balaban J connectivity index is 1.62. The van der Waals surface area contributed by atoms with E-state index >= 15 is 0 Å². The fraction of sp³-hybridized carbons (Fsp3) is 0.276. The van der Waals surface area contributed by atoms with Gasteiger partial charge in [-0.05, 0) is 67.0 Å². The second-order valence-corrected chi connectivity index (χ2v) is 9.54. The van der Waals surface area contributed by atoms with Crippen LogP contribution in [0.25, 0.3) is 10.9 Å². The molecule has 1 heterocycles. The minimum atomic E-state index is 0.0959. The van der Waals surface area contributed by atoms with E-state index in [-0.39, 0.29) is 5.75 Å². The number of aromatic nitrogens is 1. The molecule has 0 aliphatic heterocycles. The van der Waals surface area contributed by atoms with Crippen molar-refractivity contribution in [3.05, 3.63) is 70.9 Å². The predicted molar refractivity (Wildman–Crippen MR) is 159 cm³/mol. The van der Waals surface area contributed by atoms with Gasteiger partial charge in [0.15, 0.2) is 16.6 Å². The summed E-state index contributed by atoms with van der Waals surface area (Å²) in [6.07, 6.45) is 2.73. The number of fused-ring (bicyclic) bond motifs is 1. The highest BCUT2D eigenvalue weighted by Gasteiger charge is 2.17. The summed E-state index contributed by atoms with van der Waals surface area (Å²) in [5, 5.41) is 15.5. The molecule has 39 heavy (non-hydrogen) atoms. The molecule has 3 N–H and O–H groups in total. The van der Waals surface area contributed by atoms with Crippen LogP contribution in [0, 0.1) is 0 Å². The molecule has 0 aliphatic carbocycles. The number of nitrogens with zero attached hydrogens (tertiary/aromatic N) is 1. The Morgan fingerprint density at radius 1 is 1.00 bits per heavy atom. The van der Waals surface area contributed by atoms with E-state index < -0.39 is 0 Å². The molecule has 206 valence electrons. The highest BCUT2D eigenvalue weighted by Crippen LogP contribution is 2.36. The molecule has 0 unspecified atom stereocenters. The Morgan fingerprint density at radius 3 is 2.51 bits per heavy atom. The monoisotopic (exact) mass is 569 g/mol. The zero-order chi connectivity index (χ0) is 27.9. The number of ether oxygens (including phenoxy) is 4. The number of rotatable bonds is 11. The third kappa shape index (κ3) is 6.61. The van der Waals surface area contributed by atoms with Crippen LogP contribution in [0.3, 0.4) is 0 Å². The Morgan fingerprint density at radius 2 is 1.79 bits per heavy atom. The van der Waals surface area contributed by atoms with Crippen LogP contribution in [0.1, 0.15) is 18.1 Å². The molecule has 0 bridgehead atoms. The van der Waals surface area contributed by atoms with Crippen molar-refractivity contribution >= 4 is 45.5 Å². The van der Waals surface area contributed by atoms with Crippen LogP contribution < -0.4 is 24.3 Å². The molecule has 0 saturated carbocycles. The highest BCUT2D eigenvalue weighted by atomic mass is 35.5. The molecular weight excluding hydrogens is 538 g/mol. The molecular formula is C29H32ClN3O5S. The fourth-order valence-electron chi connectivity index (χ4n) is 4.30. The number of nitrogens with one attached hydrogen (secondary N) is 2. The lowest BCUT2D eigenvalue weighted by molar-refractivity contribution is 0.317.